The molecule has 0 aromatic heterocycles. The number of amides is 1. The van der Waals surface area contributed by atoms with E-state index in [9.17, 15) is 4.79 Å². The Kier molecular flexibility index (Phi) is 8.51. The molecule has 0 aromatic carbocycles. The first-order valence-electron chi connectivity index (χ1n) is 7.30. The van der Waals surface area contributed by atoms with Crippen molar-refractivity contribution in [2.24, 2.45) is 17.6 Å². The molecule has 0 bridgehead atoms. The summed E-state index contributed by atoms with van der Waals surface area (Å²) in [5.74, 6) is 4.04. The molecule has 0 aromatic rings. The number of hydrogen-bond acceptors (Lipinski definition) is 3. The second kappa shape index (κ2) is 9.68. The quantitative estimate of drug-likeness (QED) is 0.677. The molecule has 0 aliphatic carbocycles. The van der Waals surface area contributed by atoms with Gasteiger partial charge < -0.3 is 11.1 Å². The van der Waals surface area contributed by atoms with Crippen LogP contribution in [0.2, 0.25) is 0 Å². The van der Waals surface area contributed by atoms with Crippen molar-refractivity contribution in [2.45, 2.75) is 45.4 Å². The molecule has 0 saturated carbocycles. The molecular weight excluding hydrogens is 244 g/mol. The molecule has 1 amide bonds. The fourth-order valence-electron chi connectivity index (χ4n) is 2.50. The Balaban J connectivity index is 2.10. The van der Waals surface area contributed by atoms with Gasteiger partial charge in [0.1, 0.15) is 0 Å². The van der Waals surface area contributed by atoms with E-state index in [4.69, 9.17) is 5.73 Å². The van der Waals surface area contributed by atoms with E-state index < -0.39 is 0 Å². The predicted molar refractivity (Wildman–Crippen MR) is 79.7 cm³/mol. The van der Waals surface area contributed by atoms with E-state index in [1.807, 2.05) is 11.8 Å². The predicted octanol–water partition coefficient (Wildman–Crippen LogP) is 2.40. The summed E-state index contributed by atoms with van der Waals surface area (Å²) >= 11 is 2.00. The Labute approximate surface area is 116 Å². The summed E-state index contributed by atoms with van der Waals surface area (Å²) in [6, 6.07) is 0. The van der Waals surface area contributed by atoms with Crippen molar-refractivity contribution in [3.63, 3.8) is 0 Å². The fraction of sp³-hybridized carbons (Fsp3) is 0.929. The number of hydrogen-bond donors (Lipinski definition) is 2. The Bertz CT molecular complexity index is 224. The third-order valence-corrected chi connectivity index (χ3v) is 4.89. The second-order valence-electron chi connectivity index (χ2n) is 5.30. The molecule has 0 radical (unpaired) electrons. The summed E-state index contributed by atoms with van der Waals surface area (Å²) in [5.41, 5.74) is 5.60. The van der Waals surface area contributed by atoms with Crippen LogP contribution in [0.1, 0.15) is 45.4 Å². The maximum atomic E-state index is 11.8. The maximum absolute atomic E-state index is 11.8. The number of thioether (sulfide) groups is 1. The first-order valence-corrected chi connectivity index (χ1v) is 8.46. The number of rotatable bonds is 9. The highest BCUT2D eigenvalue weighted by Crippen LogP contribution is 2.22. The van der Waals surface area contributed by atoms with Gasteiger partial charge in [-0.3, -0.25) is 4.79 Å². The van der Waals surface area contributed by atoms with Crippen LogP contribution in [-0.2, 0) is 4.79 Å². The van der Waals surface area contributed by atoms with Crippen molar-refractivity contribution in [3.05, 3.63) is 0 Å². The van der Waals surface area contributed by atoms with Gasteiger partial charge in [0, 0.05) is 13.0 Å². The van der Waals surface area contributed by atoms with Gasteiger partial charge in [0.05, 0.1) is 0 Å². The lowest BCUT2D eigenvalue weighted by molar-refractivity contribution is -0.121. The summed E-state index contributed by atoms with van der Waals surface area (Å²) in [6.07, 6.45) is 6.37. The first kappa shape index (κ1) is 15.8. The fourth-order valence-corrected chi connectivity index (χ4v) is 3.79. The maximum Gasteiger partial charge on any atom is 0.220 e. The van der Waals surface area contributed by atoms with Crippen LogP contribution < -0.4 is 11.1 Å². The Hall–Kier alpha value is -0.220. The van der Waals surface area contributed by atoms with Crippen LogP contribution in [0.3, 0.4) is 0 Å². The lowest BCUT2D eigenvalue weighted by Crippen LogP contribution is -2.29. The van der Waals surface area contributed by atoms with Crippen molar-refractivity contribution >= 4 is 17.7 Å². The molecule has 2 unspecified atom stereocenters. The van der Waals surface area contributed by atoms with Crippen molar-refractivity contribution in [1.82, 2.24) is 5.32 Å². The molecule has 106 valence electrons. The van der Waals surface area contributed by atoms with Crippen LogP contribution in [0.5, 0.6) is 0 Å². The lowest BCUT2D eigenvalue weighted by atomic mass is 9.94. The minimum absolute atomic E-state index is 0.227. The molecule has 3 N–H and O–H groups in total. The Morgan fingerprint density at radius 2 is 2.28 bits per heavy atom. The van der Waals surface area contributed by atoms with E-state index in [0.717, 1.165) is 25.9 Å². The van der Waals surface area contributed by atoms with Crippen LogP contribution in [0, 0.1) is 11.8 Å². The third-order valence-electron chi connectivity index (χ3n) is 3.66. The van der Waals surface area contributed by atoms with E-state index in [-0.39, 0.29) is 5.91 Å². The average molecular weight is 272 g/mol. The van der Waals surface area contributed by atoms with Gasteiger partial charge in [0.15, 0.2) is 0 Å². The van der Waals surface area contributed by atoms with Gasteiger partial charge in [-0.05, 0) is 49.1 Å². The molecule has 18 heavy (non-hydrogen) atoms. The lowest BCUT2D eigenvalue weighted by Gasteiger charge is -2.15. The van der Waals surface area contributed by atoms with E-state index in [1.54, 1.807) is 0 Å². The molecule has 4 heteroatoms. The van der Waals surface area contributed by atoms with Gasteiger partial charge in [-0.2, -0.15) is 11.8 Å². The van der Waals surface area contributed by atoms with Gasteiger partial charge in [0.25, 0.3) is 0 Å². The largest absolute Gasteiger partial charge is 0.356 e. The highest BCUT2D eigenvalue weighted by molar-refractivity contribution is 7.99. The minimum atomic E-state index is 0.227. The van der Waals surface area contributed by atoms with Crippen molar-refractivity contribution in [1.29, 1.82) is 0 Å². The summed E-state index contributed by atoms with van der Waals surface area (Å²) < 4.78 is 0. The average Bonchev–Trinajstić information content (AvgIpc) is 2.87. The van der Waals surface area contributed by atoms with Crippen LogP contribution in [0.25, 0.3) is 0 Å². The molecule has 1 rings (SSSR count). The molecule has 1 aliphatic heterocycles. The highest BCUT2D eigenvalue weighted by Gasteiger charge is 2.16. The molecule has 0 spiro atoms. The number of carbonyl (C=O) groups is 1. The molecule has 1 heterocycles. The van der Waals surface area contributed by atoms with E-state index >= 15 is 0 Å². The van der Waals surface area contributed by atoms with Gasteiger partial charge in [0.2, 0.25) is 5.91 Å². The number of carbonyl (C=O) groups excluding carboxylic acids is 1. The molecular formula is C14H28N2OS. The zero-order valence-corrected chi connectivity index (χ0v) is 12.4. The Morgan fingerprint density at radius 1 is 1.44 bits per heavy atom. The molecule has 2 atom stereocenters. The summed E-state index contributed by atoms with van der Waals surface area (Å²) in [4.78, 5) is 11.8. The zero-order valence-electron chi connectivity index (χ0n) is 11.6. The van der Waals surface area contributed by atoms with Crippen molar-refractivity contribution in [2.75, 3.05) is 24.6 Å². The van der Waals surface area contributed by atoms with E-state index in [0.29, 0.717) is 18.3 Å². The van der Waals surface area contributed by atoms with Crippen LogP contribution >= 0.6 is 11.8 Å². The molecule has 1 fully saturated rings. The van der Waals surface area contributed by atoms with Gasteiger partial charge >= 0.3 is 0 Å². The molecule has 1 saturated heterocycles. The zero-order chi connectivity index (χ0) is 13.2. The molecule has 1 aliphatic rings. The van der Waals surface area contributed by atoms with Crippen molar-refractivity contribution in [3.8, 4) is 0 Å². The summed E-state index contributed by atoms with van der Waals surface area (Å²) in [6.45, 7) is 3.81. The number of nitrogens with one attached hydrogen (secondary N) is 1. The monoisotopic (exact) mass is 272 g/mol. The topological polar surface area (TPSA) is 55.1 Å². The first-order chi connectivity index (χ1) is 8.76. The van der Waals surface area contributed by atoms with Crippen LogP contribution in [-0.4, -0.2) is 30.5 Å². The normalized spacial score (nSPS) is 20.9. The highest BCUT2D eigenvalue weighted by atomic mass is 32.2. The smallest absolute Gasteiger partial charge is 0.220 e. The van der Waals surface area contributed by atoms with Gasteiger partial charge in [-0.1, -0.05) is 19.8 Å². The van der Waals surface area contributed by atoms with Gasteiger partial charge in [-0.15, -0.1) is 0 Å². The Morgan fingerprint density at radius 3 is 2.89 bits per heavy atom. The molecule has 3 nitrogen and oxygen atoms in total. The SMILES string of the molecule is CCCC(CCN)CCC(=O)NCC1CCSC1. The van der Waals surface area contributed by atoms with Crippen LogP contribution in [0.15, 0.2) is 0 Å². The number of nitrogens with two attached hydrogens (primary N) is 1. The van der Waals surface area contributed by atoms with E-state index in [2.05, 4.69) is 12.2 Å². The third kappa shape index (κ3) is 6.64. The standard InChI is InChI=1S/C14H28N2OS/c1-2-3-12(6-8-15)4-5-14(17)16-10-13-7-9-18-11-13/h12-13H,2-11,15H2,1H3,(H,16,17). The van der Waals surface area contributed by atoms with Gasteiger partial charge in [-0.25, -0.2) is 0 Å². The minimum Gasteiger partial charge on any atom is -0.356 e. The second-order valence-corrected chi connectivity index (χ2v) is 6.45. The van der Waals surface area contributed by atoms with Crippen LogP contribution in [0.4, 0.5) is 0 Å². The summed E-state index contributed by atoms with van der Waals surface area (Å²) in [7, 11) is 0. The van der Waals surface area contributed by atoms with Crippen molar-refractivity contribution < 1.29 is 4.79 Å². The summed E-state index contributed by atoms with van der Waals surface area (Å²) in [5, 5.41) is 3.08. The van der Waals surface area contributed by atoms with E-state index in [1.165, 1.54) is 30.8 Å².